The number of rotatable bonds is 8. The lowest BCUT2D eigenvalue weighted by Crippen LogP contribution is -2.71. The Morgan fingerprint density at radius 3 is 2.69 bits per heavy atom. The molecule has 13 nitrogen and oxygen atoms in total. The van der Waals surface area contributed by atoms with E-state index in [1.54, 1.807) is 0 Å². The molecule has 3 saturated heterocycles. The number of carboxylic acid groups (broad SMARTS) is 1. The second-order valence-electron chi connectivity index (χ2n) is 8.84. The monoisotopic (exact) mass is 535 g/mol. The van der Waals surface area contributed by atoms with E-state index in [1.165, 1.54) is 22.0 Å². The summed E-state index contributed by atoms with van der Waals surface area (Å²) in [5, 5.41) is 20.1. The van der Waals surface area contributed by atoms with Gasteiger partial charge in [0.05, 0.1) is 6.42 Å². The summed E-state index contributed by atoms with van der Waals surface area (Å²) in [5.74, 6) is -2.14. The molecule has 3 fully saturated rings. The molecule has 4 aliphatic rings. The van der Waals surface area contributed by atoms with Gasteiger partial charge in [0.1, 0.15) is 22.8 Å². The van der Waals surface area contributed by atoms with Crippen molar-refractivity contribution in [1.29, 1.82) is 0 Å². The van der Waals surface area contributed by atoms with Crippen LogP contribution in [-0.2, 0) is 24.0 Å². The first-order valence-electron chi connectivity index (χ1n) is 11.4. The number of amides is 3. The number of carbonyl (C=O) groups is 4. The maximum absolute atomic E-state index is 13.1. The zero-order valence-electron chi connectivity index (χ0n) is 19.3. The van der Waals surface area contributed by atoms with E-state index < -0.39 is 35.4 Å². The lowest BCUT2D eigenvalue weighted by Gasteiger charge is -2.50. The van der Waals surface area contributed by atoms with Gasteiger partial charge in [0.2, 0.25) is 12.1 Å². The molecule has 3 amide bonds. The summed E-state index contributed by atoms with van der Waals surface area (Å²) >= 11 is 2.52. The number of thiazole rings is 1. The van der Waals surface area contributed by atoms with Gasteiger partial charge in [-0.1, -0.05) is 5.16 Å². The minimum absolute atomic E-state index is 0.00104. The first kappa shape index (κ1) is 24.5. The van der Waals surface area contributed by atoms with Crippen molar-refractivity contribution < 1.29 is 29.1 Å². The number of hydrogen-bond donors (Lipinski definition) is 4. The number of carbonyl (C=O) groups excluding carboxylic acids is 3. The van der Waals surface area contributed by atoms with Crippen LogP contribution in [-0.4, -0.2) is 91.8 Å². The third kappa shape index (κ3) is 4.41. The van der Waals surface area contributed by atoms with Gasteiger partial charge in [0.15, 0.2) is 10.8 Å². The Morgan fingerprint density at radius 1 is 1.36 bits per heavy atom. The van der Waals surface area contributed by atoms with Gasteiger partial charge in [0, 0.05) is 17.2 Å². The number of nitrogens with two attached hydrogens (primary N) is 1. The minimum atomic E-state index is -1.16. The highest BCUT2D eigenvalue weighted by atomic mass is 32.2. The van der Waals surface area contributed by atoms with Crippen molar-refractivity contribution in [2.24, 2.45) is 5.16 Å². The van der Waals surface area contributed by atoms with Crippen LogP contribution in [0.3, 0.4) is 0 Å². The normalized spacial score (nSPS) is 27.1. The second-order valence-corrected chi connectivity index (χ2v) is 10.8. The maximum atomic E-state index is 13.1. The lowest BCUT2D eigenvalue weighted by atomic mass is 9.99. The molecule has 0 spiro atoms. The number of aromatic nitrogens is 1. The highest BCUT2D eigenvalue weighted by Gasteiger charge is 2.55. The minimum Gasteiger partial charge on any atom is -0.477 e. The number of aliphatic carboxylic acids is 1. The van der Waals surface area contributed by atoms with Crippen LogP contribution in [0.15, 0.2) is 21.8 Å². The Morgan fingerprint density at radius 2 is 2.08 bits per heavy atom. The summed E-state index contributed by atoms with van der Waals surface area (Å²) in [4.78, 5) is 62.3. The number of fused-ring (bicyclic) bond motifs is 1. The smallest absolute Gasteiger partial charge is 0.352 e. The van der Waals surface area contributed by atoms with Crippen molar-refractivity contribution in [3.05, 3.63) is 22.3 Å². The molecule has 0 aromatic carbocycles. The molecule has 192 valence electrons. The zero-order chi connectivity index (χ0) is 25.6. The van der Waals surface area contributed by atoms with Gasteiger partial charge in [-0.3, -0.25) is 24.2 Å². The van der Waals surface area contributed by atoms with Gasteiger partial charge < -0.3 is 26.3 Å². The van der Waals surface area contributed by atoms with E-state index in [0.29, 0.717) is 11.3 Å². The maximum Gasteiger partial charge on any atom is 0.352 e. The highest BCUT2D eigenvalue weighted by Crippen LogP contribution is 2.42. The summed E-state index contributed by atoms with van der Waals surface area (Å²) < 4.78 is 0. The van der Waals surface area contributed by atoms with Crippen molar-refractivity contribution in [3.8, 4) is 0 Å². The first-order valence-corrected chi connectivity index (χ1v) is 13.4. The van der Waals surface area contributed by atoms with Crippen LogP contribution >= 0.6 is 23.1 Å². The molecule has 36 heavy (non-hydrogen) atoms. The second kappa shape index (κ2) is 9.71. The largest absolute Gasteiger partial charge is 0.477 e. The molecule has 5 rings (SSSR count). The molecule has 0 aliphatic carbocycles. The number of nitrogen functional groups attached to an aromatic ring is 1. The van der Waals surface area contributed by atoms with E-state index in [4.69, 9.17) is 10.6 Å². The molecular weight excluding hydrogens is 510 g/mol. The van der Waals surface area contributed by atoms with E-state index in [9.17, 15) is 24.3 Å². The summed E-state index contributed by atoms with van der Waals surface area (Å²) in [6, 6.07) is -1.03. The standard InChI is InChI=1S/C21H25N7O6S2/c1-9(27-4-2-3-5-27)10-7-35-19-15(18(31)28(19)16(10)20(32)33)25-17(30)14(11-8-36-21(22)23-11)26-34-13-6-12(29)24-13/h8-9,13,15,19H,2-7H2,1H3,(H2,22,23)(H,24,29)(H,25,30)(H,32,33)/b26-14-/t9?,13?,15?,19-/m0/s1. The average Bonchev–Trinajstić information content (AvgIpc) is 3.52. The molecular formula is C21H25N7O6S2. The predicted octanol–water partition coefficient (Wildman–Crippen LogP) is -0.485. The van der Waals surface area contributed by atoms with Crippen molar-refractivity contribution in [2.75, 3.05) is 24.6 Å². The third-order valence-electron chi connectivity index (χ3n) is 6.62. The van der Waals surface area contributed by atoms with Gasteiger partial charge in [-0.25, -0.2) is 9.78 Å². The number of anilines is 1. The Labute approximate surface area is 214 Å². The molecule has 1 aromatic rings. The van der Waals surface area contributed by atoms with Gasteiger partial charge in [-0.05, 0) is 38.4 Å². The molecule has 15 heteroatoms. The van der Waals surface area contributed by atoms with Crippen LogP contribution < -0.4 is 16.4 Å². The SMILES string of the molecule is CC(C1=C(C(=O)O)N2C(=O)C(NC(=O)/C(=N\OC3CC(=O)N3)c3csc(N)n3)[C@@H]2SC1)N1CCCC1. The molecule has 4 aliphatic heterocycles. The number of nitrogens with zero attached hydrogens (tertiary/aromatic N) is 4. The fraction of sp³-hybridized carbons (Fsp3) is 0.524. The van der Waals surface area contributed by atoms with Crippen LogP contribution in [0.25, 0.3) is 0 Å². The van der Waals surface area contributed by atoms with E-state index >= 15 is 0 Å². The van der Waals surface area contributed by atoms with E-state index in [-0.39, 0.29) is 40.6 Å². The number of carboxylic acids is 1. The van der Waals surface area contributed by atoms with Crippen molar-refractivity contribution in [3.63, 3.8) is 0 Å². The fourth-order valence-electron chi connectivity index (χ4n) is 4.63. The van der Waals surface area contributed by atoms with E-state index in [2.05, 4.69) is 25.7 Å². The average molecular weight is 536 g/mol. The van der Waals surface area contributed by atoms with Crippen LogP contribution in [0, 0.1) is 0 Å². The number of likely N-dealkylation sites (tertiary alicyclic amines) is 1. The molecule has 5 N–H and O–H groups in total. The first-order chi connectivity index (χ1) is 17.2. The predicted molar refractivity (Wildman–Crippen MR) is 131 cm³/mol. The third-order valence-corrected chi connectivity index (χ3v) is 8.60. The summed E-state index contributed by atoms with van der Waals surface area (Å²) in [6.45, 7) is 3.77. The van der Waals surface area contributed by atoms with Gasteiger partial charge >= 0.3 is 5.97 Å². The van der Waals surface area contributed by atoms with Gasteiger partial charge in [-0.2, -0.15) is 0 Å². The molecule has 5 heterocycles. The Balaban J connectivity index is 1.33. The Hall–Kier alpha value is -3.17. The van der Waals surface area contributed by atoms with Crippen molar-refractivity contribution in [1.82, 2.24) is 25.4 Å². The summed E-state index contributed by atoms with van der Waals surface area (Å²) in [7, 11) is 0. The summed E-state index contributed by atoms with van der Waals surface area (Å²) in [5.41, 5.74) is 6.36. The number of nitrogens with one attached hydrogen (secondary N) is 2. The van der Waals surface area contributed by atoms with Crippen LogP contribution in [0.1, 0.15) is 31.9 Å². The topological polar surface area (TPSA) is 180 Å². The Kier molecular flexibility index (Phi) is 6.61. The highest BCUT2D eigenvalue weighted by molar-refractivity contribution is 8.00. The van der Waals surface area contributed by atoms with Crippen LogP contribution in [0.4, 0.5) is 5.13 Å². The summed E-state index contributed by atoms with van der Waals surface area (Å²) in [6.07, 6.45) is 1.58. The van der Waals surface area contributed by atoms with Crippen LogP contribution in [0.2, 0.25) is 0 Å². The van der Waals surface area contributed by atoms with Crippen molar-refractivity contribution in [2.45, 2.75) is 49.9 Å². The van der Waals surface area contributed by atoms with E-state index in [0.717, 1.165) is 37.3 Å². The van der Waals surface area contributed by atoms with Crippen LogP contribution in [0.5, 0.6) is 0 Å². The molecule has 4 atom stereocenters. The number of thioether (sulfide) groups is 1. The Bertz CT molecular complexity index is 1170. The quantitative estimate of drug-likeness (QED) is 0.193. The lowest BCUT2D eigenvalue weighted by molar-refractivity contribution is -0.150. The zero-order valence-corrected chi connectivity index (χ0v) is 20.9. The van der Waals surface area contributed by atoms with Gasteiger partial charge in [0.25, 0.3) is 11.8 Å². The van der Waals surface area contributed by atoms with E-state index in [1.807, 2.05) is 6.92 Å². The number of oxime groups is 1. The van der Waals surface area contributed by atoms with Gasteiger partial charge in [-0.15, -0.1) is 23.1 Å². The van der Waals surface area contributed by atoms with Crippen molar-refractivity contribution >= 4 is 57.6 Å². The molecule has 0 radical (unpaired) electrons. The fourth-order valence-corrected chi connectivity index (χ4v) is 6.64. The molecule has 0 bridgehead atoms. The molecule has 3 unspecified atom stereocenters. The number of β-lactam (4-membered cyclic amide) rings is 2. The molecule has 1 aromatic heterocycles. The number of hydrogen-bond acceptors (Lipinski definition) is 11. The molecule has 0 saturated carbocycles.